The second kappa shape index (κ2) is 6.64. The number of carbonyl (C=O) groups excluding carboxylic acids is 3. The fourth-order valence-corrected chi connectivity index (χ4v) is 2.90. The lowest BCUT2D eigenvalue weighted by Crippen LogP contribution is -2.54. The number of anilines is 1. The zero-order valence-electron chi connectivity index (χ0n) is 13.7. The number of urea groups is 1. The summed E-state index contributed by atoms with van der Waals surface area (Å²) in [4.78, 5) is 38.2. The van der Waals surface area contributed by atoms with Crippen LogP contribution in [0.15, 0.2) is 52.5 Å². The van der Waals surface area contributed by atoms with Gasteiger partial charge in [-0.1, -0.05) is 40.2 Å². The molecule has 0 aromatic heterocycles. The van der Waals surface area contributed by atoms with Crippen molar-refractivity contribution < 1.29 is 14.4 Å². The van der Waals surface area contributed by atoms with Gasteiger partial charge < -0.3 is 0 Å². The molecular weight excluding hydrogens is 384 g/mol. The van der Waals surface area contributed by atoms with E-state index >= 15 is 0 Å². The second-order valence-electron chi connectivity index (χ2n) is 5.75. The van der Waals surface area contributed by atoms with E-state index in [9.17, 15) is 14.4 Å². The van der Waals surface area contributed by atoms with Crippen LogP contribution in [0.3, 0.4) is 0 Å². The Kier molecular flexibility index (Phi) is 4.55. The first kappa shape index (κ1) is 17.1. The molecule has 5 nitrogen and oxygen atoms in total. The van der Waals surface area contributed by atoms with E-state index in [1.54, 1.807) is 24.3 Å². The maximum Gasteiger partial charge on any atom is 0.335 e. The van der Waals surface area contributed by atoms with E-state index in [0.717, 1.165) is 20.5 Å². The van der Waals surface area contributed by atoms with Gasteiger partial charge >= 0.3 is 6.03 Å². The molecule has 1 N–H and O–H groups in total. The monoisotopic (exact) mass is 398 g/mol. The van der Waals surface area contributed by atoms with Crippen LogP contribution in [0.2, 0.25) is 0 Å². The smallest absolute Gasteiger partial charge is 0.273 e. The molecule has 0 aliphatic carbocycles. The van der Waals surface area contributed by atoms with Crippen LogP contribution in [0.1, 0.15) is 16.7 Å². The lowest BCUT2D eigenvalue weighted by Gasteiger charge is -2.26. The Morgan fingerprint density at radius 2 is 1.72 bits per heavy atom. The van der Waals surface area contributed by atoms with Crippen molar-refractivity contribution in [1.29, 1.82) is 0 Å². The number of amides is 4. The average molecular weight is 399 g/mol. The summed E-state index contributed by atoms with van der Waals surface area (Å²) in [6, 6.07) is 11.7. The minimum Gasteiger partial charge on any atom is -0.273 e. The van der Waals surface area contributed by atoms with Gasteiger partial charge in [-0.25, -0.2) is 9.69 Å². The summed E-state index contributed by atoms with van der Waals surface area (Å²) >= 11 is 3.38. The summed E-state index contributed by atoms with van der Waals surface area (Å²) in [7, 11) is 0. The largest absolute Gasteiger partial charge is 0.335 e. The molecular formula is C19H15BrN2O3. The molecule has 1 fully saturated rings. The van der Waals surface area contributed by atoms with E-state index in [1.165, 1.54) is 6.08 Å². The highest BCUT2D eigenvalue weighted by atomic mass is 79.9. The van der Waals surface area contributed by atoms with Crippen molar-refractivity contribution >= 4 is 45.5 Å². The molecule has 3 rings (SSSR count). The van der Waals surface area contributed by atoms with E-state index in [2.05, 4.69) is 21.2 Å². The van der Waals surface area contributed by atoms with Gasteiger partial charge in [0.15, 0.2) is 0 Å². The number of barbiturate groups is 1. The molecule has 2 aromatic carbocycles. The van der Waals surface area contributed by atoms with Crippen molar-refractivity contribution in [2.75, 3.05) is 4.90 Å². The molecule has 6 heteroatoms. The predicted molar refractivity (Wildman–Crippen MR) is 99.1 cm³/mol. The first-order chi connectivity index (χ1) is 11.9. The number of halogens is 1. The predicted octanol–water partition coefficient (Wildman–Crippen LogP) is 3.73. The van der Waals surface area contributed by atoms with Gasteiger partial charge in [0.05, 0.1) is 5.69 Å². The molecule has 1 heterocycles. The zero-order valence-corrected chi connectivity index (χ0v) is 15.3. The molecule has 1 aliphatic heterocycles. The SMILES string of the molecule is Cc1ccc(N2C(=O)NC(=O)/C(=C/c3ccccc3Br)C2=O)cc1C. The lowest BCUT2D eigenvalue weighted by molar-refractivity contribution is -0.122. The van der Waals surface area contributed by atoms with Crippen LogP contribution in [0.25, 0.3) is 6.08 Å². The highest BCUT2D eigenvalue weighted by Crippen LogP contribution is 2.25. The molecule has 0 radical (unpaired) electrons. The standard InChI is InChI=1S/C19H15BrN2O3/c1-11-7-8-14(9-12(11)2)22-18(24)15(17(23)21-19(22)25)10-13-5-3-4-6-16(13)20/h3-10H,1-2H3,(H,21,23,25)/b15-10-. The molecule has 2 aromatic rings. The van der Waals surface area contributed by atoms with Gasteiger partial charge in [-0.05, 0) is 54.8 Å². The number of rotatable bonds is 2. The van der Waals surface area contributed by atoms with Crippen molar-refractivity contribution in [3.8, 4) is 0 Å². The number of imide groups is 2. The van der Waals surface area contributed by atoms with E-state index in [4.69, 9.17) is 0 Å². The van der Waals surface area contributed by atoms with E-state index < -0.39 is 17.8 Å². The molecule has 25 heavy (non-hydrogen) atoms. The summed E-state index contributed by atoms with van der Waals surface area (Å²) in [5.41, 5.74) is 3.01. The van der Waals surface area contributed by atoms with Gasteiger partial charge in [0.2, 0.25) is 0 Å². The van der Waals surface area contributed by atoms with Crippen molar-refractivity contribution in [2.24, 2.45) is 0 Å². The summed E-state index contributed by atoms with van der Waals surface area (Å²) in [6.07, 6.45) is 1.47. The Hall–Kier alpha value is -2.73. The summed E-state index contributed by atoms with van der Waals surface area (Å²) in [5, 5.41) is 2.23. The quantitative estimate of drug-likeness (QED) is 0.618. The van der Waals surface area contributed by atoms with Gasteiger partial charge in [-0.2, -0.15) is 0 Å². The van der Waals surface area contributed by atoms with Gasteiger partial charge in [-0.15, -0.1) is 0 Å². The second-order valence-corrected chi connectivity index (χ2v) is 6.60. The Morgan fingerprint density at radius 1 is 1.00 bits per heavy atom. The number of aryl methyl sites for hydroxylation is 2. The van der Waals surface area contributed by atoms with Crippen LogP contribution in [-0.2, 0) is 9.59 Å². The summed E-state index contributed by atoms with van der Waals surface area (Å²) in [5.74, 6) is -1.35. The molecule has 1 saturated heterocycles. The van der Waals surface area contributed by atoms with Crippen LogP contribution in [0.5, 0.6) is 0 Å². The Balaban J connectivity index is 2.05. The minimum absolute atomic E-state index is 0.0928. The number of hydrogen-bond acceptors (Lipinski definition) is 3. The number of nitrogens with zero attached hydrogens (tertiary/aromatic N) is 1. The van der Waals surface area contributed by atoms with Gasteiger partial charge in [0.1, 0.15) is 5.57 Å². The molecule has 0 spiro atoms. The van der Waals surface area contributed by atoms with E-state index in [-0.39, 0.29) is 5.57 Å². The van der Waals surface area contributed by atoms with E-state index in [1.807, 2.05) is 32.0 Å². The molecule has 4 amide bonds. The molecule has 126 valence electrons. The van der Waals surface area contributed by atoms with Crippen LogP contribution in [-0.4, -0.2) is 17.8 Å². The lowest BCUT2D eigenvalue weighted by atomic mass is 10.1. The minimum atomic E-state index is -0.748. The Morgan fingerprint density at radius 3 is 2.40 bits per heavy atom. The highest BCUT2D eigenvalue weighted by molar-refractivity contribution is 9.10. The van der Waals surface area contributed by atoms with Gasteiger partial charge in [0, 0.05) is 4.47 Å². The molecule has 0 bridgehead atoms. The number of carbonyl (C=O) groups is 3. The number of hydrogen-bond donors (Lipinski definition) is 1. The zero-order chi connectivity index (χ0) is 18.1. The Labute approximate surface area is 153 Å². The van der Waals surface area contributed by atoms with Crippen molar-refractivity contribution in [1.82, 2.24) is 5.32 Å². The van der Waals surface area contributed by atoms with Crippen LogP contribution in [0.4, 0.5) is 10.5 Å². The third kappa shape index (κ3) is 3.25. The van der Waals surface area contributed by atoms with Gasteiger partial charge in [0.25, 0.3) is 11.8 Å². The Bertz CT molecular complexity index is 934. The topological polar surface area (TPSA) is 66.5 Å². The first-order valence-electron chi connectivity index (χ1n) is 7.61. The highest BCUT2D eigenvalue weighted by Gasteiger charge is 2.36. The molecule has 1 aliphatic rings. The maximum atomic E-state index is 12.8. The fourth-order valence-electron chi connectivity index (χ4n) is 2.50. The molecule has 0 unspecified atom stereocenters. The first-order valence-corrected chi connectivity index (χ1v) is 8.41. The van der Waals surface area contributed by atoms with Crippen molar-refractivity contribution in [3.63, 3.8) is 0 Å². The van der Waals surface area contributed by atoms with Crippen molar-refractivity contribution in [3.05, 3.63) is 69.2 Å². The normalized spacial score (nSPS) is 16.4. The third-order valence-corrected chi connectivity index (χ3v) is 4.78. The summed E-state index contributed by atoms with van der Waals surface area (Å²) < 4.78 is 0.748. The number of nitrogens with one attached hydrogen (secondary N) is 1. The van der Waals surface area contributed by atoms with Crippen molar-refractivity contribution in [2.45, 2.75) is 13.8 Å². The van der Waals surface area contributed by atoms with Gasteiger partial charge in [-0.3, -0.25) is 14.9 Å². The molecule has 0 atom stereocenters. The fraction of sp³-hybridized carbons (Fsp3) is 0.105. The van der Waals surface area contributed by atoms with E-state index in [0.29, 0.717) is 11.3 Å². The number of benzene rings is 2. The maximum absolute atomic E-state index is 12.8. The molecule has 0 saturated carbocycles. The summed E-state index contributed by atoms with van der Waals surface area (Å²) in [6.45, 7) is 3.84. The average Bonchev–Trinajstić information content (AvgIpc) is 2.56. The van der Waals surface area contributed by atoms with Crippen LogP contribution < -0.4 is 10.2 Å². The third-order valence-electron chi connectivity index (χ3n) is 4.06. The van der Waals surface area contributed by atoms with Crippen LogP contribution in [0, 0.1) is 13.8 Å². The van der Waals surface area contributed by atoms with Crippen LogP contribution >= 0.6 is 15.9 Å².